The lowest BCUT2D eigenvalue weighted by molar-refractivity contribution is 0.100. The fourth-order valence-electron chi connectivity index (χ4n) is 3.24. The van der Waals surface area contributed by atoms with Gasteiger partial charge in [-0.25, -0.2) is 0 Å². The molecular formula is C21H27N5O4S. The molecule has 0 bridgehead atoms. The molecule has 166 valence electrons. The van der Waals surface area contributed by atoms with Gasteiger partial charge in [0, 0.05) is 24.4 Å². The third kappa shape index (κ3) is 4.75. The zero-order valence-corrected chi connectivity index (χ0v) is 18.8. The third-order valence-corrected chi connectivity index (χ3v) is 4.80. The van der Waals surface area contributed by atoms with Gasteiger partial charge in [-0.15, -0.1) is 0 Å². The number of aryl methyl sites for hydroxylation is 1. The van der Waals surface area contributed by atoms with Crippen LogP contribution in [0.2, 0.25) is 0 Å². The van der Waals surface area contributed by atoms with Gasteiger partial charge in [-0.2, -0.15) is 17.7 Å². The molecule has 0 aliphatic carbocycles. The second-order valence-electron chi connectivity index (χ2n) is 6.72. The molecule has 9 nitrogen and oxygen atoms in total. The summed E-state index contributed by atoms with van der Waals surface area (Å²) in [6.45, 7) is 4.42. The molecule has 2 heterocycles. The summed E-state index contributed by atoms with van der Waals surface area (Å²) in [5, 5.41) is 14.4. The minimum atomic E-state index is -0.764. The van der Waals surface area contributed by atoms with Gasteiger partial charge in [-0.05, 0) is 37.8 Å². The van der Waals surface area contributed by atoms with Crippen molar-refractivity contribution in [3.05, 3.63) is 57.6 Å². The van der Waals surface area contributed by atoms with Gasteiger partial charge in [-0.1, -0.05) is 6.07 Å². The lowest BCUT2D eigenvalue weighted by atomic mass is 10.0. The van der Waals surface area contributed by atoms with E-state index in [9.17, 15) is 14.7 Å². The molecule has 0 aliphatic heterocycles. The topological polar surface area (TPSA) is 138 Å². The van der Waals surface area contributed by atoms with Crippen LogP contribution in [0.4, 0.5) is 5.82 Å². The number of hydrogen-bond donors (Lipinski definition) is 4. The number of nitrogen functional groups attached to an aromatic ring is 1. The molecule has 3 aromatic rings. The number of aromatic hydroxyl groups is 1. The van der Waals surface area contributed by atoms with Gasteiger partial charge in [0.25, 0.3) is 11.5 Å². The molecule has 0 saturated carbocycles. The van der Waals surface area contributed by atoms with Gasteiger partial charge in [0.15, 0.2) is 0 Å². The molecule has 2 aromatic heterocycles. The molecule has 31 heavy (non-hydrogen) atoms. The van der Waals surface area contributed by atoms with Gasteiger partial charge in [-0.3, -0.25) is 18.8 Å². The Balaban J connectivity index is 0.00000166. The van der Waals surface area contributed by atoms with Crippen LogP contribution in [0.5, 0.6) is 5.75 Å². The first-order valence-electron chi connectivity index (χ1n) is 9.37. The largest absolute Gasteiger partial charge is 0.508 e. The molecular weight excluding hydrogens is 418 g/mol. The van der Waals surface area contributed by atoms with Crippen molar-refractivity contribution in [3.63, 3.8) is 0 Å². The summed E-state index contributed by atoms with van der Waals surface area (Å²) >= 11 is 3.53. The van der Waals surface area contributed by atoms with Crippen LogP contribution < -0.4 is 17.0 Å². The number of nitrogens with two attached hydrogens (primary N) is 2. The molecule has 0 unspecified atom stereocenters. The summed E-state index contributed by atoms with van der Waals surface area (Å²) < 4.78 is 7.88. The summed E-state index contributed by atoms with van der Waals surface area (Å²) in [5.74, 6) is -0.843. The lowest BCUT2D eigenvalue weighted by Gasteiger charge is -2.19. The van der Waals surface area contributed by atoms with Crippen molar-refractivity contribution in [1.82, 2.24) is 14.3 Å². The average Bonchev–Trinajstić information content (AvgIpc) is 3.21. The van der Waals surface area contributed by atoms with Crippen molar-refractivity contribution in [1.29, 1.82) is 0 Å². The van der Waals surface area contributed by atoms with Crippen LogP contribution in [0.15, 0.2) is 35.4 Å². The van der Waals surface area contributed by atoms with Crippen LogP contribution in [0.1, 0.15) is 21.5 Å². The Morgan fingerprint density at radius 2 is 1.97 bits per heavy atom. The number of primary amides is 1. The van der Waals surface area contributed by atoms with Crippen molar-refractivity contribution in [2.24, 2.45) is 5.73 Å². The van der Waals surface area contributed by atoms with Gasteiger partial charge < -0.3 is 21.3 Å². The first-order valence-corrected chi connectivity index (χ1v) is 10.3. The highest BCUT2D eigenvalue weighted by molar-refractivity contribution is 7.79. The Labute approximate surface area is 185 Å². The van der Waals surface area contributed by atoms with Crippen molar-refractivity contribution in [2.75, 3.05) is 25.7 Å². The maximum atomic E-state index is 13.4. The van der Waals surface area contributed by atoms with E-state index in [2.05, 4.69) is 17.7 Å². The smallest absolute Gasteiger partial charge is 0.264 e. The average molecular weight is 446 g/mol. The van der Waals surface area contributed by atoms with Gasteiger partial charge in [0.2, 0.25) is 0 Å². The Hall–Kier alpha value is -3.24. The Bertz CT molecular complexity index is 1150. The van der Waals surface area contributed by atoms with Crippen LogP contribution in [0, 0.1) is 13.8 Å². The minimum Gasteiger partial charge on any atom is -0.508 e. The number of hydrogen-bond acceptors (Lipinski definition) is 7. The highest BCUT2D eigenvalue weighted by atomic mass is 32.1. The van der Waals surface area contributed by atoms with E-state index in [4.69, 9.17) is 16.2 Å². The number of methoxy groups -OCH3 is 1. The Morgan fingerprint density at radius 1 is 1.29 bits per heavy atom. The summed E-state index contributed by atoms with van der Waals surface area (Å²) in [5.41, 5.74) is 13.5. The number of phenolic OH excluding ortho intramolecular Hbond substituents is 1. The first kappa shape index (κ1) is 24.0. The Kier molecular flexibility index (Phi) is 7.89. The van der Waals surface area contributed by atoms with Crippen LogP contribution in [-0.2, 0) is 11.3 Å². The first-order chi connectivity index (χ1) is 14.8. The number of nitrogens with zero attached hydrogens (tertiary/aromatic N) is 3. The zero-order valence-electron chi connectivity index (χ0n) is 17.9. The SMILES string of the molecule is COCCn1cc(-c2cc(C(N)=O)c(N)n(-c3c(C)ccc(O)c3C)c2=O)cn1.CS. The van der Waals surface area contributed by atoms with E-state index in [1.807, 2.05) is 0 Å². The fraction of sp³-hybridized carbons (Fsp3) is 0.286. The number of rotatable bonds is 6. The number of phenols is 1. The highest BCUT2D eigenvalue weighted by Crippen LogP contribution is 2.30. The van der Waals surface area contributed by atoms with Crippen LogP contribution in [-0.4, -0.2) is 45.3 Å². The number of benzene rings is 1. The molecule has 0 atom stereocenters. The van der Waals surface area contributed by atoms with Crippen LogP contribution in [0.3, 0.4) is 0 Å². The van der Waals surface area contributed by atoms with Crippen LogP contribution >= 0.6 is 12.6 Å². The normalized spacial score (nSPS) is 10.5. The Morgan fingerprint density at radius 3 is 2.58 bits per heavy atom. The summed E-state index contributed by atoms with van der Waals surface area (Å²) in [6, 6.07) is 4.58. The minimum absolute atomic E-state index is 0.00591. The maximum absolute atomic E-state index is 13.4. The molecule has 0 spiro atoms. The summed E-state index contributed by atoms with van der Waals surface area (Å²) in [6.07, 6.45) is 4.91. The number of anilines is 1. The monoisotopic (exact) mass is 445 g/mol. The van der Waals surface area contributed by atoms with E-state index >= 15 is 0 Å². The lowest BCUT2D eigenvalue weighted by Crippen LogP contribution is -2.28. The van der Waals surface area contributed by atoms with Crippen molar-refractivity contribution >= 4 is 24.4 Å². The number of thiol groups is 1. The standard InChI is InChI=1S/C20H23N5O4.CH4S/c1-11-4-5-16(26)12(2)17(11)25-18(21)15(19(22)27)8-14(20(25)28)13-9-23-24(10-13)6-7-29-3;1-2/h4-5,8-10,26H,6-7,21H2,1-3H3,(H2,22,27);2H,1H3. The summed E-state index contributed by atoms with van der Waals surface area (Å²) in [7, 11) is 1.59. The number of carbonyl (C=O) groups is 1. The molecule has 0 fully saturated rings. The second kappa shape index (κ2) is 10.2. The number of ether oxygens (including phenoxy) is 1. The van der Waals surface area contributed by atoms with Crippen molar-refractivity contribution in [2.45, 2.75) is 20.4 Å². The van der Waals surface area contributed by atoms with Gasteiger partial charge >= 0.3 is 0 Å². The fourth-order valence-corrected chi connectivity index (χ4v) is 3.24. The number of carbonyl (C=O) groups excluding carboxylic acids is 1. The number of pyridine rings is 1. The molecule has 10 heteroatoms. The van der Waals surface area contributed by atoms with Gasteiger partial charge in [0.05, 0.1) is 36.2 Å². The highest BCUT2D eigenvalue weighted by Gasteiger charge is 2.22. The quantitative estimate of drug-likeness (QED) is 0.428. The molecule has 5 N–H and O–H groups in total. The van der Waals surface area contributed by atoms with E-state index < -0.39 is 11.5 Å². The zero-order chi connectivity index (χ0) is 23.3. The predicted molar refractivity (Wildman–Crippen MR) is 124 cm³/mol. The van der Waals surface area contributed by atoms with E-state index in [-0.39, 0.29) is 22.7 Å². The van der Waals surface area contributed by atoms with Crippen molar-refractivity contribution < 1.29 is 14.6 Å². The molecule has 0 radical (unpaired) electrons. The van der Waals surface area contributed by atoms with Crippen LogP contribution in [0.25, 0.3) is 16.8 Å². The molecule has 0 saturated heterocycles. The molecule has 1 aromatic carbocycles. The third-order valence-electron chi connectivity index (χ3n) is 4.80. The second-order valence-corrected chi connectivity index (χ2v) is 6.72. The molecule has 3 rings (SSSR count). The number of aromatic nitrogens is 3. The predicted octanol–water partition coefficient (Wildman–Crippen LogP) is 1.90. The summed E-state index contributed by atoms with van der Waals surface area (Å²) in [4.78, 5) is 25.4. The van der Waals surface area contributed by atoms with Gasteiger partial charge in [0.1, 0.15) is 11.6 Å². The van der Waals surface area contributed by atoms with E-state index in [1.165, 1.54) is 22.9 Å². The van der Waals surface area contributed by atoms with E-state index in [1.54, 1.807) is 44.2 Å². The van der Waals surface area contributed by atoms with E-state index in [0.29, 0.717) is 35.5 Å². The van der Waals surface area contributed by atoms with Crippen molar-refractivity contribution in [3.8, 4) is 22.6 Å². The van der Waals surface area contributed by atoms with E-state index in [0.717, 1.165) is 0 Å². The molecule has 1 amide bonds. The number of amides is 1. The maximum Gasteiger partial charge on any atom is 0.264 e. The molecule has 0 aliphatic rings.